The van der Waals surface area contributed by atoms with Crippen molar-refractivity contribution in [2.24, 2.45) is 11.8 Å². The Morgan fingerprint density at radius 2 is 2.12 bits per heavy atom. The molecule has 0 radical (unpaired) electrons. The SMILES string of the molecule is O=C1COc2ccc(C(=O)N3CC4CCCC4C3C(=O)O)cc2N1. The molecule has 1 aliphatic carbocycles. The second-order valence-corrected chi connectivity index (χ2v) is 6.64. The lowest BCUT2D eigenvalue weighted by Gasteiger charge is -2.25. The van der Waals surface area contributed by atoms with Crippen LogP contribution in [-0.2, 0) is 9.59 Å². The number of carboxylic acids is 1. The Labute approximate surface area is 138 Å². The van der Waals surface area contributed by atoms with Gasteiger partial charge in [0.15, 0.2) is 6.61 Å². The van der Waals surface area contributed by atoms with Gasteiger partial charge in [0.25, 0.3) is 11.8 Å². The molecule has 4 rings (SSSR count). The van der Waals surface area contributed by atoms with Crippen molar-refractivity contribution >= 4 is 23.5 Å². The first-order chi connectivity index (χ1) is 11.5. The number of aliphatic carboxylic acids is 1. The number of nitrogens with zero attached hydrogens (tertiary/aromatic N) is 1. The average molecular weight is 330 g/mol. The maximum absolute atomic E-state index is 12.9. The topological polar surface area (TPSA) is 95.9 Å². The average Bonchev–Trinajstić information content (AvgIpc) is 3.13. The second-order valence-electron chi connectivity index (χ2n) is 6.64. The van der Waals surface area contributed by atoms with Crippen LogP contribution in [0.25, 0.3) is 0 Å². The first kappa shape index (κ1) is 15.0. The van der Waals surface area contributed by atoms with Crippen molar-refractivity contribution in [2.75, 3.05) is 18.5 Å². The molecule has 3 unspecified atom stereocenters. The van der Waals surface area contributed by atoms with Crippen LogP contribution in [-0.4, -0.2) is 47.0 Å². The van der Waals surface area contributed by atoms with Crippen molar-refractivity contribution in [2.45, 2.75) is 25.3 Å². The quantitative estimate of drug-likeness (QED) is 0.853. The summed E-state index contributed by atoms with van der Waals surface area (Å²) >= 11 is 0. The number of hydrogen-bond donors (Lipinski definition) is 2. The summed E-state index contributed by atoms with van der Waals surface area (Å²) in [6, 6.07) is 4.05. The van der Waals surface area contributed by atoms with E-state index in [1.807, 2.05) is 0 Å². The third-order valence-corrected chi connectivity index (χ3v) is 5.26. The Hall–Kier alpha value is -2.57. The van der Waals surface area contributed by atoms with Crippen LogP contribution in [0.4, 0.5) is 5.69 Å². The lowest BCUT2D eigenvalue weighted by atomic mass is 9.94. The van der Waals surface area contributed by atoms with Crippen LogP contribution in [0, 0.1) is 11.8 Å². The van der Waals surface area contributed by atoms with Gasteiger partial charge in [-0.05, 0) is 42.9 Å². The summed E-state index contributed by atoms with van der Waals surface area (Å²) in [5, 5.41) is 12.3. The van der Waals surface area contributed by atoms with Crippen LogP contribution in [0.2, 0.25) is 0 Å². The molecule has 1 aromatic carbocycles. The first-order valence-corrected chi connectivity index (χ1v) is 8.15. The number of hydrogen-bond acceptors (Lipinski definition) is 4. The fourth-order valence-corrected chi connectivity index (χ4v) is 4.21. The fourth-order valence-electron chi connectivity index (χ4n) is 4.21. The van der Waals surface area contributed by atoms with Gasteiger partial charge < -0.3 is 20.1 Å². The molecule has 0 aromatic heterocycles. The van der Waals surface area contributed by atoms with Gasteiger partial charge >= 0.3 is 5.97 Å². The Morgan fingerprint density at radius 1 is 1.29 bits per heavy atom. The Kier molecular flexibility index (Phi) is 3.44. The molecule has 2 aliphatic heterocycles. The van der Waals surface area contributed by atoms with Crippen molar-refractivity contribution in [1.82, 2.24) is 4.90 Å². The number of benzene rings is 1. The van der Waals surface area contributed by atoms with E-state index in [0.29, 0.717) is 23.5 Å². The van der Waals surface area contributed by atoms with E-state index in [-0.39, 0.29) is 30.3 Å². The largest absolute Gasteiger partial charge is 0.482 e. The molecule has 7 nitrogen and oxygen atoms in total. The van der Waals surface area contributed by atoms with Crippen molar-refractivity contribution in [3.8, 4) is 5.75 Å². The van der Waals surface area contributed by atoms with E-state index in [1.165, 1.54) is 4.90 Å². The minimum absolute atomic E-state index is 0.0448. The van der Waals surface area contributed by atoms with Crippen molar-refractivity contribution in [1.29, 1.82) is 0 Å². The molecule has 2 N–H and O–H groups in total. The number of carbonyl (C=O) groups excluding carboxylic acids is 2. The van der Waals surface area contributed by atoms with Crippen molar-refractivity contribution in [3.05, 3.63) is 23.8 Å². The molecule has 0 spiro atoms. The molecule has 2 heterocycles. The number of nitrogens with one attached hydrogen (secondary N) is 1. The van der Waals surface area contributed by atoms with Gasteiger partial charge in [0.1, 0.15) is 11.8 Å². The molecule has 126 valence electrons. The molecular formula is C17H18N2O5. The van der Waals surface area contributed by atoms with Gasteiger partial charge in [-0.2, -0.15) is 0 Å². The monoisotopic (exact) mass is 330 g/mol. The fraction of sp³-hybridized carbons (Fsp3) is 0.471. The highest BCUT2D eigenvalue weighted by molar-refractivity contribution is 6.01. The third-order valence-electron chi connectivity index (χ3n) is 5.26. The smallest absolute Gasteiger partial charge is 0.326 e. The minimum atomic E-state index is -0.938. The van der Waals surface area contributed by atoms with Gasteiger partial charge in [-0.15, -0.1) is 0 Å². The summed E-state index contributed by atoms with van der Waals surface area (Å²) in [5.41, 5.74) is 0.814. The lowest BCUT2D eigenvalue weighted by Crippen LogP contribution is -2.43. The van der Waals surface area contributed by atoms with Crippen molar-refractivity contribution in [3.63, 3.8) is 0 Å². The number of amides is 2. The van der Waals surface area contributed by atoms with Gasteiger partial charge in [-0.25, -0.2) is 4.79 Å². The minimum Gasteiger partial charge on any atom is -0.482 e. The first-order valence-electron chi connectivity index (χ1n) is 8.15. The number of fused-ring (bicyclic) bond motifs is 2. The van der Waals surface area contributed by atoms with Gasteiger partial charge in [0.2, 0.25) is 0 Å². The highest BCUT2D eigenvalue weighted by atomic mass is 16.5. The van der Waals surface area contributed by atoms with Crippen LogP contribution in [0.5, 0.6) is 5.75 Å². The maximum atomic E-state index is 12.9. The number of rotatable bonds is 2. The molecule has 3 aliphatic rings. The van der Waals surface area contributed by atoms with Crippen LogP contribution in [0.1, 0.15) is 29.6 Å². The summed E-state index contributed by atoms with van der Waals surface area (Å²) in [5.74, 6) is -0.681. The number of anilines is 1. The number of carboxylic acid groups (broad SMARTS) is 1. The van der Waals surface area contributed by atoms with Gasteiger partial charge in [-0.3, -0.25) is 9.59 Å². The molecule has 1 aromatic rings. The zero-order valence-corrected chi connectivity index (χ0v) is 13.0. The van der Waals surface area contributed by atoms with E-state index in [2.05, 4.69) is 5.32 Å². The van der Waals surface area contributed by atoms with Gasteiger partial charge in [-0.1, -0.05) is 6.42 Å². The molecular weight excluding hydrogens is 312 g/mol. The molecule has 2 fully saturated rings. The molecule has 24 heavy (non-hydrogen) atoms. The highest BCUT2D eigenvalue weighted by Gasteiger charge is 2.49. The van der Waals surface area contributed by atoms with E-state index in [9.17, 15) is 19.5 Å². The van der Waals surface area contributed by atoms with Crippen LogP contribution < -0.4 is 10.1 Å². The molecule has 0 bridgehead atoms. The van der Waals surface area contributed by atoms with Crippen molar-refractivity contribution < 1.29 is 24.2 Å². The Morgan fingerprint density at radius 3 is 2.92 bits per heavy atom. The van der Waals surface area contributed by atoms with Crippen LogP contribution in [0.15, 0.2) is 18.2 Å². The zero-order valence-electron chi connectivity index (χ0n) is 13.0. The maximum Gasteiger partial charge on any atom is 0.326 e. The van der Waals surface area contributed by atoms with E-state index in [4.69, 9.17) is 4.74 Å². The molecule has 2 amide bonds. The second kappa shape index (κ2) is 5.51. The zero-order chi connectivity index (χ0) is 16.8. The number of carbonyl (C=O) groups is 3. The van der Waals surface area contributed by atoms with E-state index in [0.717, 1.165) is 19.3 Å². The van der Waals surface area contributed by atoms with E-state index < -0.39 is 12.0 Å². The van der Waals surface area contributed by atoms with E-state index in [1.54, 1.807) is 18.2 Å². The summed E-state index contributed by atoms with van der Waals surface area (Å²) < 4.78 is 5.28. The summed E-state index contributed by atoms with van der Waals surface area (Å²) in [7, 11) is 0. The summed E-state index contributed by atoms with van der Waals surface area (Å²) in [6.07, 6.45) is 2.87. The Bertz CT molecular complexity index is 732. The molecule has 7 heteroatoms. The molecule has 1 saturated carbocycles. The predicted octanol–water partition coefficient (Wildman–Crippen LogP) is 1.34. The molecule has 3 atom stereocenters. The van der Waals surface area contributed by atoms with E-state index >= 15 is 0 Å². The highest BCUT2D eigenvalue weighted by Crippen LogP contribution is 2.43. The summed E-state index contributed by atoms with van der Waals surface area (Å²) in [6.45, 7) is 0.442. The van der Waals surface area contributed by atoms with Gasteiger partial charge in [0, 0.05) is 12.1 Å². The lowest BCUT2D eigenvalue weighted by molar-refractivity contribution is -0.142. The van der Waals surface area contributed by atoms with Gasteiger partial charge in [0.05, 0.1) is 5.69 Å². The standard InChI is InChI=1S/C17H18N2O5/c20-14-8-24-13-5-4-9(6-12(13)18-14)16(21)19-7-10-2-1-3-11(10)15(19)17(22)23/h4-6,10-11,15H,1-3,7-8H2,(H,18,20)(H,22,23). The molecule has 1 saturated heterocycles. The number of likely N-dealkylation sites (tertiary alicyclic amines) is 1. The summed E-state index contributed by atoms with van der Waals surface area (Å²) in [4.78, 5) is 37.5. The normalized spacial score (nSPS) is 27.9. The van der Waals surface area contributed by atoms with Crippen LogP contribution >= 0.6 is 0 Å². The Balaban J connectivity index is 1.62. The van der Waals surface area contributed by atoms with Crippen LogP contribution in [0.3, 0.4) is 0 Å². The number of ether oxygens (including phenoxy) is 1. The third kappa shape index (κ3) is 2.31. The predicted molar refractivity (Wildman–Crippen MR) is 83.9 cm³/mol.